The average molecular weight is 153 g/mol. The molecule has 0 aromatic carbocycles. The quantitative estimate of drug-likeness (QED) is 0.485. The first kappa shape index (κ1) is 9.17. The molecule has 59 valence electrons. The van der Waals surface area contributed by atoms with Crippen LogP contribution in [-0.2, 0) is 13.7 Å². The summed E-state index contributed by atoms with van der Waals surface area (Å²) in [4.78, 5) is 0. The van der Waals surface area contributed by atoms with Gasteiger partial charge in [-0.25, -0.2) is 0 Å². The molecule has 0 aromatic heterocycles. The summed E-state index contributed by atoms with van der Waals surface area (Å²) >= 11 is 0. The van der Waals surface area contributed by atoms with Crippen molar-refractivity contribution in [1.82, 2.24) is 0 Å². The molecular weight excluding hydrogens is 140 g/mol. The van der Waals surface area contributed by atoms with E-state index in [1.807, 2.05) is 6.82 Å². The molecule has 3 nitrogen and oxygen atoms in total. The molecule has 0 aromatic rings. The van der Waals surface area contributed by atoms with Crippen LogP contribution in [0.25, 0.3) is 0 Å². The van der Waals surface area contributed by atoms with Crippen LogP contribution in [0.3, 0.4) is 0 Å². The molecule has 1 saturated heterocycles. The summed E-state index contributed by atoms with van der Waals surface area (Å²) in [6.07, 6.45) is 0. The molecule has 0 bridgehead atoms. The summed E-state index contributed by atoms with van der Waals surface area (Å²) in [6, 6.07) is 0. The van der Waals surface area contributed by atoms with Crippen molar-refractivity contribution < 1.29 is 13.7 Å². The molecule has 1 heterocycles. The molecule has 0 saturated carbocycles. The van der Waals surface area contributed by atoms with Crippen molar-refractivity contribution in [2.45, 2.75) is 32.9 Å². The van der Waals surface area contributed by atoms with Crippen molar-refractivity contribution in [2.24, 2.45) is 0 Å². The summed E-state index contributed by atoms with van der Waals surface area (Å²) in [5.41, 5.74) is 0. The maximum atomic E-state index is 5.38. The Labute approximate surface area is 69.4 Å². The van der Waals surface area contributed by atoms with Gasteiger partial charge < -0.3 is 13.7 Å². The Hall–Kier alpha value is 0.0748. The van der Waals surface area contributed by atoms with Gasteiger partial charge in [0.15, 0.2) is 0 Å². The molecule has 1 aliphatic rings. The van der Waals surface area contributed by atoms with E-state index < -0.39 is 0 Å². The SMILES string of the molecule is CB1O[B]OB(C(C)(C)C)O1. The smallest absolute Gasteiger partial charge is 0.455 e. The van der Waals surface area contributed by atoms with E-state index in [-0.39, 0.29) is 19.6 Å². The lowest BCUT2D eigenvalue weighted by atomic mass is 9.58. The number of hydrogen-bond donors (Lipinski definition) is 0. The Morgan fingerprint density at radius 3 is 2.18 bits per heavy atom. The highest BCUT2D eigenvalue weighted by atomic mass is 16.7. The summed E-state index contributed by atoms with van der Waals surface area (Å²) in [6.45, 7) is 8.02. The van der Waals surface area contributed by atoms with E-state index in [0.29, 0.717) is 0 Å². The highest BCUT2D eigenvalue weighted by molar-refractivity contribution is 6.69. The van der Waals surface area contributed by atoms with E-state index in [4.69, 9.17) is 13.7 Å². The van der Waals surface area contributed by atoms with E-state index in [1.54, 1.807) is 0 Å². The lowest BCUT2D eigenvalue weighted by molar-refractivity contribution is 0.283. The van der Waals surface area contributed by atoms with Crippen molar-refractivity contribution in [3.8, 4) is 0 Å². The zero-order valence-corrected chi connectivity index (χ0v) is 7.46. The normalized spacial score (nSPS) is 20.0. The number of rotatable bonds is 0. The molecule has 1 aliphatic heterocycles. The maximum absolute atomic E-state index is 5.38. The minimum absolute atomic E-state index is 0.00542. The zero-order valence-electron chi connectivity index (χ0n) is 7.46. The minimum atomic E-state index is -0.203. The zero-order chi connectivity index (χ0) is 8.48. The van der Waals surface area contributed by atoms with Crippen LogP contribution in [0.1, 0.15) is 20.8 Å². The van der Waals surface area contributed by atoms with E-state index in [9.17, 15) is 0 Å². The standard InChI is InChI=1S/C5H12B3O3/c1-5(2,3)8-10-6-9-7(4)11-8/h1-4H3. The second kappa shape index (κ2) is 3.21. The highest BCUT2D eigenvalue weighted by Crippen LogP contribution is 2.29. The largest absolute Gasteiger partial charge is 0.458 e. The lowest BCUT2D eigenvalue weighted by Gasteiger charge is -2.31. The van der Waals surface area contributed by atoms with E-state index >= 15 is 0 Å². The van der Waals surface area contributed by atoms with E-state index in [1.165, 1.54) is 7.69 Å². The minimum Gasteiger partial charge on any atom is -0.455 e. The first-order chi connectivity index (χ1) is 5.00. The van der Waals surface area contributed by atoms with Gasteiger partial charge in [-0.3, -0.25) is 0 Å². The Balaban J connectivity index is 2.46. The van der Waals surface area contributed by atoms with Crippen LogP contribution in [-0.4, -0.2) is 21.9 Å². The molecule has 0 unspecified atom stereocenters. The highest BCUT2D eigenvalue weighted by Gasteiger charge is 2.39. The Morgan fingerprint density at radius 2 is 1.82 bits per heavy atom. The molecule has 0 amide bonds. The van der Waals surface area contributed by atoms with Gasteiger partial charge in [0.1, 0.15) is 0 Å². The van der Waals surface area contributed by atoms with Crippen LogP contribution in [0.5, 0.6) is 0 Å². The second-order valence-electron chi connectivity index (χ2n) is 3.77. The van der Waals surface area contributed by atoms with Gasteiger partial charge in [0.05, 0.1) is 0 Å². The van der Waals surface area contributed by atoms with Crippen molar-refractivity contribution in [1.29, 1.82) is 0 Å². The summed E-state index contributed by atoms with van der Waals surface area (Å²) in [5, 5.41) is -0.00542. The molecule has 1 radical (unpaired) electrons. The third-order valence-electron chi connectivity index (χ3n) is 1.45. The van der Waals surface area contributed by atoms with Crippen molar-refractivity contribution in [3.63, 3.8) is 0 Å². The molecule has 1 rings (SSSR count). The van der Waals surface area contributed by atoms with Gasteiger partial charge in [-0.1, -0.05) is 20.8 Å². The molecule has 11 heavy (non-hydrogen) atoms. The van der Waals surface area contributed by atoms with Crippen LogP contribution in [0.15, 0.2) is 0 Å². The third-order valence-corrected chi connectivity index (χ3v) is 1.45. The molecule has 0 aliphatic carbocycles. The first-order valence-corrected chi connectivity index (χ1v) is 3.78. The van der Waals surface area contributed by atoms with Crippen LogP contribution >= 0.6 is 0 Å². The van der Waals surface area contributed by atoms with Gasteiger partial charge in [-0.15, -0.1) is 0 Å². The van der Waals surface area contributed by atoms with Gasteiger partial charge in [0.25, 0.3) is 0 Å². The van der Waals surface area contributed by atoms with Crippen molar-refractivity contribution >= 4 is 21.9 Å². The van der Waals surface area contributed by atoms with Crippen molar-refractivity contribution in [3.05, 3.63) is 0 Å². The lowest BCUT2D eigenvalue weighted by Crippen LogP contribution is -2.45. The van der Waals surface area contributed by atoms with Crippen LogP contribution in [0.4, 0.5) is 0 Å². The summed E-state index contributed by atoms with van der Waals surface area (Å²) < 4.78 is 15.5. The Bertz CT molecular complexity index is 135. The molecule has 6 heteroatoms. The van der Waals surface area contributed by atoms with Crippen molar-refractivity contribution in [2.75, 3.05) is 0 Å². The van der Waals surface area contributed by atoms with Gasteiger partial charge in [0, 0.05) is 0 Å². The van der Waals surface area contributed by atoms with Crippen LogP contribution in [0.2, 0.25) is 12.1 Å². The Kier molecular flexibility index (Phi) is 2.68. The summed E-state index contributed by atoms with van der Waals surface area (Å²) in [7, 11) is 0.948. The summed E-state index contributed by atoms with van der Waals surface area (Å²) in [5.74, 6) is 0. The van der Waals surface area contributed by atoms with E-state index in [2.05, 4.69) is 20.8 Å². The van der Waals surface area contributed by atoms with Crippen LogP contribution in [0, 0.1) is 0 Å². The van der Waals surface area contributed by atoms with Gasteiger partial charge in [-0.05, 0) is 12.1 Å². The fourth-order valence-corrected chi connectivity index (χ4v) is 0.807. The predicted molar refractivity (Wildman–Crippen MR) is 46.1 cm³/mol. The van der Waals surface area contributed by atoms with Gasteiger partial charge in [0.2, 0.25) is 0 Å². The molecule has 0 atom stereocenters. The van der Waals surface area contributed by atoms with Gasteiger partial charge >= 0.3 is 21.9 Å². The molecule has 1 fully saturated rings. The molecular formula is C5H12B3O3. The molecule has 0 N–H and O–H groups in total. The van der Waals surface area contributed by atoms with Crippen LogP contribution < -0.4 is 0 Å². The fraction of sp³-hybridized carbons (Fsp3) is 1.00. The average Bonchev–Trinajstić information content (AvgIpc) is 1.86. The van der Waals surface area contributed by atoms with Gasteiger partial charge in [-0.2, -0.15) is 0 Å². The monoisotopic (exact) mass is 153 g/mol. The third kappa shape index (κ3) is 2.54. The number of hydrogen-bond acceptors (Lipinski definition) is 3. The topological polar surface area (TPSA) is 27.7 Å². The first-order valence-electron chi connectivity index (χ1n) is 3.78. The predicted octanol–water partition coefficient (Wildman–Crippen LogP) is 0.990. The maximum Gasteiger partial charge on any atom is 0.458 e. The Morgan fingerprint density at radius 1 is 1.18 bits per heavy atom. The molecule has 0 spiro atoms. The van der Waals surface area contributed by atoms with E-state index in [0.717, 1.165) is 0 Å². The fourth-order valence-electron chi connectivity index (χ4n) is 0.807. The second-order valence-corrected chi connectivity index (χ2v) is 3.77.